The van der Waals surface area contributed by atoms with Gasteiger partial charge in [-0.3, -0.25) is 19.4 Å². The lowest BCUT2D eigenvalue weighted by atomic mass is 10.2. The molecule has 0 radical (unpaired) electrons. The van der Waals surface area contributed by atoms with E-state index in [-0.39, 0.29) is 29.9 Å². The first-order valence-corrected chi connectivity index (χ1v) is 11.4. The Morgan fingerprint density at radius 3 is 2.45 bits per heavy atom. The van der Waals surface area contributed by atoms with Gasteiger partial charge in [0.2, 0.25) is 5.91 Å². The predicted octanol–water partition coefficient (Wildman–Crippen LogP) is 1.47. The van der Waals surface area contributed by atoms with Crippen LogP contribution in [0.3, 0.4) is 0 Å². The number of aryl methyl sites for hydroxylation is 1. The Bertz CT molecular complexity index is 910. The minimum atomic E-state index is 0. The summed E-state index contributed by atoms with van der Waals surface area (Å²) < 4.78 is 1.72. The minimum Gasteiger partial charge on any atom is -0.369 e. The molecule has 0 aliphatic carbocycles. The van der Waals surface area contributed by atoms with E-state index >= 15 is 0 Å². The van der Waals surface area contributed by atoms with Gasteiger partial charge >= 0.3 is 0 Å². The monoisotopic (exact) mass is 566 g/mol. The fourth-order valence-corrected chi connectivity index (χ4v) is 4.38. The van der Waals surface area contributed by atoms with Crippen molar-refractivity contribution < 1.29 is 4.79 Å². The maximum Gasteiger partial charge on any atom is 0.246 e. The lowest BCUT2D eigenvalue weighted by molar-refractivity contribution is -0.120. The second kappa shape index (κ2) is 12.2. The number of rotatable bonds is 6. The van der Waals surface area contributed by atoms with Crippen molar-refractivity contribution in [1.82, 2.24) is 24.9 Å². The molecule has 0 saturated carbocycles. The predicted molar refractivity (Wildman–Crippen MR) is 144 cm³/mol. The highest BCUT2D eigenvalue weighted by Gasteiger charge is 2.27. The largest absolute Gasteiger partial charge is 0.369 e. The van der Waals surface area contributed by atoms with E-state index in [4.69, 9.17) is 0 Å². The van der Waals surface area contributed by atoms with Gasteiger partial charge in [-0.1, -0.05) is 18.2 Å². The van der Waals surface area contributed by atoms with E-state index in [2.05, 4.69) is 55.5 Å². The smallest absolute Gasteiger partial charge is 0.246 e. The fourth-order valence-electron chi connectivity index (χ4n) is 4.38. The number of para-hydroxylation sites is 1. The highest BCUT2D eigenvalue weighted by molar-refractivity contribution is 14.0. The van der Waals surface area contributed by atoms with Crippen LogP contribution in [0.2, 0.25) is 0 Å². The molecule has 2 aliphatic rings. The van der Waals surface area contributed by atoms with E-state index in [0.29, 0.717) is 13.1 Å². The summed E-state index contributed by atoms with van der Waals surface area (Å²) in [5, 5.41) is 7.62. The molecule has 2 aromatic rings. The molecule has 10 heteroatoms. The minimum absolute atomic E-state index is 0. The highest BCUT2D eigenvalue weighted by Crippen LogP contribution is 2.17. The number of nitrogens with one attached hydrogen (secondary N) is 1. The van der Waals surface area contributed by atoms with Crippen molar-refractivity contribution >= 4 is 47.2 Å². The topological polar surface area (TPSA) is 72.2 Å². The first-order valence-electron chi connectivity index (χ1n) is 11.4. The zero-order chi connectivity index (χ0) is 22.3. The number of anilines is 2. The van der Waals surface area contributed by atoms with Crippen molar-refractivity contribution in [2.75, 3.05) is 75.8 Å². The van der Waals surface area contributed by atoms with Crippen molar-refractivity contribution in [1.29, 1.82) is 0 Å². The molecule has 2 aliphatic heterocycles. The Morgan fingerprint density at radius 2 is 1.82 bits per heavy atom. The zero-order valence-electron chi connectivity index (χ0n) is 19.6. The molecule has 1 amide bonds. The molecule has 1 N–H and O–H groups in total. The Balaban J connectivity index is 0.00000306. The molecular formula is C23H35IN8O. The molecule has 9 nitrogen and oxygen atoms in total. The quantitative estimate of drug-likeness (QED) is 0.247. The Morgan fingerprint density at radius 1 is 1.06 bits per heavy atom. The van der Waals surface area contributed by atoms with Gasteiger partial charge in [0.05, 0.1) is 11.9 Å². The van der Waals surface area contributed by atoms with Gasteiger partial charge in [-0.15, -0.1) is 24.0 Å². The van der Waals surface area contributed by atoms with Gasteiger partial charge in [0, 0.05) is 71.8 Å². The van der Waals surface area contributed by atoms with E-state index in [1.165, 1.54) is 5.69 Å². The third-order valence-electron chi connectivity index (χ3n) is 6.16. The van der Waals surface area contributed by atoms with Gasteiger partial charge in [0.15, 0.2) is 5.96 Å². The van der Waals surface area contributed by atoms with Crippen molar-refractivity contribution in [3.63, 3.8) is 0 Å². The van der Waals surface area contributed by atoms with Gasteiger partial charge in [0.1, 0.15) is 6.54 Å². The zero-order valence-corrected chi connectivity index (χ0v) is 21.9. The number of carbonyl (C=O) groups excluding carboxylic acids is 1. The molecule has 33 heavy (non-hydrogen) atoms. The number of amides is 1. The first kappa shape index (κ1) is 25.3. The van der Waals surface area contributed by atoms with E-state index in [1.54, 1.807) is 22.8 Å². The highest BCUT2D eigenvalue weighted by atomic mass is 127. The molecular weight excluding hydrogens is 531 g/mol. The molecule has 4 rings (SSSR count). The van der Waals surface area contributed by atoms with Crippen molar-refractivity contribution in [3.05, 3.63) is 42.7 Å². The Labute approximate surface area is 213 Å². The maximum absolute atomic E-state index is 12.7. The van der Waals surface area contributed by atoms with Crippen LogP contribution in [0.4, 0.5) is 11.4 Å². The summed E-state index contributed by atoms with van der Waals surface area (Å²) in [6, 6.07) is 10.6. The number of carbonyl (C=O) groups is 1. The van der Waals surface area contributed by atoms with Crippen LogP contribution < -0.4 is 15.1 Å². The molecule has 0 bridgehead atoms. The third kappa shape index (κ3) is 6.59. The van der Waals surface area contributed by atoms with Crippen molar-refractivity contribution in [2.24, 2.45) is 12.0 Å². The number of halogens is 1. The molecule has 1 aromatic heterocycles. The van der Waals surface area contributed by atoms with Gasteiger partial charge in [-0.2, -0.15) is 5.10 Å². The molecule has 0 atom stereocenters. The average Bonchev–Trinajstić information content (AvgIpc) is 3.26. The van der Waals surface area contributed by atoms with Gasteiger partial charge < -0.3 is 20.0 Å². The van der Waals surface area contributed by atoms with Crippen LogP contribution in [0.25, 0.3) is 0 Å². The standard InChI is InChI=1S/C23H34N8O.HI/c1-24-23(30-15-16-31(22(32)19-30)21-17-26-27(2)18-21)25-9-6-10-28-11-13-29(14-12-28)20-7-4-3-5-8-20;/h3-5,7-8,17-18H,6,9-16,19H2,1-2H3,(H,24,25);1H. The summed E-state index contributed by atoms with van der Waals surface area (Å²) >= 11 is 0. The van der Waals surface area contributed by atoms with Gasteiger partial charge in [-0.25, -0.2) is 0 Å². The Kier molecular flexibility index (Phi) is 9.36. The summed E-state index contributed by atoms with van der Waals surface area (Å²) in [4.78, 5) is 25.9. The van der Waals surface area contributed by atoms with Crippen LogP contribution in [-0.4, -0.2) is 97.4 Å². The second-order valence-electron chi connectivity index (χ2n) is 8.33. The number of piperazine rings is 2. The molecule has 2 fully saturated rings. The number of hydrogen-bond donors (Lipinski definition) is 1. The number of guanidine groups is 1. The van der Waals surface area contributed by atoms with Crippen LogP contribution >= 0.6 is 24.0 Å². The lowest BCUT2D eigenvalue weighted by Crippen LogP contribution is -2.55. The Hall–Kier alpha value is -2.34. The molecule has 0 unspecified atom stereocenters. The van der Waals surface area contributed by atoms with E-state index in [9.17, 15) is 4.79 Å². The maximum atomic E-state index is 12.7. The summed E-state index contributed by atoms with van der Waals surface area (Å²) in [6.45, 7) is 7.96. The lowest BCUT2D eigenvalue weighted by Gasteiger charge is -2.36. The van der Waals surface area contributed by atoms with Gasteiger partial charge in [-0.05, 0) is 25.1 Å². The molecule has 1 aromatic carbocycles. The third-order valence-corrected chi connectivity index (χ3v) is 6.16. The van der Waals surface area contributed by atoms with Crippen molar-refractivity contribution in [3.8, 4) is 0 Å². The molecule has 2 saturated heterocycles. The number of aromatic nitrogens is 2. The second-order valence-corrected chi connectivity index (χ2v) is 8.33. The summed E-state index contributed by atoms with van der Waals surface area (Å²) in [7, 11) is 3.64. The normalized spacial score (nSPS) is 17.8. The average molecular weight is 566 g/mol. The van der Waals surface area contributed by atoms with Crippen LogP contribution in [0.15, 0.2) is 47.7 Å². The van der Waals surface area contributed by atoms with Crippen LogP contribution in [0.5, 0.6) is 0 Å². The number of benzene rings is 1. The number of aliphatic imine (C=N–C) groups is 1. The molecule has 3 heterocycles. The van der Waals surface area contributed by atoms with Crippen LogP contribution in [-0.2, 0) is 11.8 Å². The van der Waals surface area contributed by atoms with E-state index < -0.39 is 0 Å². The van der Waals surface area contributed by atoms with Crippen molar-refractivity contribution in [2.45, 2.75) is 6.42 Å². The first-order chi connectivity index (χ1) is 15.6. The summed E-state index contributed by atoms with van der Waals surface area (Å²) in [5.74, 6) is 0.876. The summed E-state index contributed by atoms with van der Waals surface area (Å²) in [6.07, 6.45) is 4.66. The molecule has 180 valence electrons. The number of hydrogen-bond acceptors (Lipinski definition) is 5. The van der Waals surface area contributed by atoms with Gasteiger partial charge in [0.25, 0.3) is 0 Å². The molecule has 0 spiro atoms. The SMILES string of the molecule is CN=C(NCCCN1CCN(c2ccccc2)CC1)N1CCN(c2cnn(C)c2)C(=O)C1.I. The van der Waals surface area contributed by atoms with E-state index in [0.717, 1.165) is 63.9 Å². The number of nitrogens with zero attached hydrogens (tertiary/aromatic N) is 7. The van der Waals surface area contributed by atoms with Crippen LogP contribution in [0, 0.1) is 0 Å². The fraction of sp³-hybridized carbons (Fsp3) is 0.522. The van der Waals surface area contributed by atoms with Crippen LogP contribution in [0.1, 0.15) is 6.42 Å². The van der Waals surface area contributed by atoms with E-state index in [1.807, 2.05) is 18.1 Å². The summed E-state index contributed by atoms with van der Waals surface area (Å²) in [5.41, 5.74) is 2.17.